The summed E-state index contributed by atoms with van der Waals surface area (Å²) >= 11 is 0. The number of amides is 2. The smallest absolute Gasteiger partial charge is 0.250 e. The number of rotatable bonds is 5. The van der Waals surface area contributed by atoms with Gasteiger partial charge in [0.25, 0.3) is 5.91 Å². The Morgan fingerprint density at radius 1 is 1.39 bits per heavy atom. The van der Waals surface area contributed by atoms with Crippen LogP contribution in [0.3, 0.4) is 0 Å². The van der Waals surface area contributed by atoms with Gasteiger partial charge in [-0.05, 0) is 37.4 Å². The Morgan fingerprint density at radius 3 is 2.74 bits per heavy atom. The number of aryl methyl sites for hydroxylation is 1. The van der Waals surface area contributed by atoms with Crippen molar-refractivity contribution in [3.8, 4) is 0 Å². The highest BCUT2D eigenvalue weighted by molar-refractivity contribution is 5.84. The lowest BCUT2D eigenvalue weighted by Gasteiger charge is -2.37. The first-order valence-electron chi connectivity index (χ1n) is 7.85. The maximum Gasteiger partial charge on any atom is 0.250 e. The maximum atomic E-state index is 12.4. The predicted octanol–water partition coefficient (Wildman–Crippen LogP) is 0.266. The minimum atomic E-state index is -1.52. The summed E-state index contributed by atoms with van der Waals surface area (Å²) in [4.78, 5) is 27.2. The van der Waals surface area contributed by atoms with E-state index in [2.05, 4.69) is 0 Å². The normalized spacial score (nSPS) is 21.9. The van der Waals surface area contributed by atoms with Crippen molar-refractivity contribution in [1.82, 2.24) is 9.80 Å². The van der Waals surface area contributed by atoms with Crippen LogP contribution >= 0.6 is 0 Å². The first-order chi connectivity index (χ1) is 10.8. The molecule has 1 aromatic carbocycles. The molecular formula is C17H25N3O3. The molecule has 1 aliphatic heterocycles. The molecule has 1 atom stereocenters. The van der Waals surface area contributed by atoms with E-state index in [1.165, 1.54) is 0 Å². The van der Waals surface area contributed by atoms with Crippen molar-refractivity contribution in [1.29, 1.82) is 0 Å². The minimum absolute atomic E-state index is 0.0398. The van der Waals surface area contributed by atoms with Crippen LogP contribution in [0.4, 0.5) is 0 Å². The standard InChI is InChI=1S/C17H25N3O3/c1-13-6-3-4-7-14(13)10-19(2)15(21)11-20-9-5-8-17(23,12-20)16(18)22/h3-4,6-7,23H,5,8-12H2,1-2H3,(H2,18,22)/t17-/m1/s1. The van der Waals surface area contributed by atoms with Crippen molar-refractivity contribution in [2.45, 2.75) is 31.9 Å². The van der Waals surface area contributed by atoms with Crippen LogP contribution in [0.1, 0.15) is 24.0 Å². The van der Waals surface area contributed by atoms with Crippen LogP contribution in [0, 0.1) is 6.92 Å². The van der Waals surface area contributed by atoms with Crippen LogP contribution < -0.4 is 5.73 Å². The van der Waals surface area contributed by atoms with Gasteiger partial charge in [0, 0.05) is 20.1 Å². The van der Waals surface area contributed by atoms with Crippen LogP contribution in [-0.4, -0.2) is 59.0 Å². The molecule has 126 valence electrons. The third kappa shape index (κ3) is 4.30. The summed E-state index contributed by atoms with van der Waals surface area (Å²) in [7, 11) is 1.76. The molecular weight excluding hydrogens is 294 g/mol. The molecule has 1 fully saturated rings. The topological polar surface area (TPSA) is 86.9 Å². The number of likely N-dealkylation sites (N-methyl/N-ethyl adjacent to an activating group) is 1. The highest BCUT2D eigenvalue weighted by Crippen LogP contribution is 2.20. The molecule has 6 nitrogen and oxygen atoms in total. The van der Waals surface area contributed by atoms with Crippen LogP contribution in [0.15, 0.2) is 24.3 Å². The van der Waals surface area contributed by atoms with Crippen molar-refractivity contribution in [2.75, 3.05) is 26.7 Å². The molecule has 1 heterocycles. The van der Waals surface area contributed by atoms with E-state index in [9.17, 15) is 14.7 Å². The lowest BCUT2D eigenvalue weighted by molar-refractivity contribution is -0.145. The Kier molecular flexibility index (Phi) is 5.38. The number of hydrogen-bond acceptors (Lipinski definition) is 4. The summed E-state index contributed by atoms with van der Waals surface area (Å²) in [5, 5.41) is 10.2. The SMILES string of the molecule is Cc1ccccc1CN(C)C(=O)CN1CCC[C@](O)(C(N)=O)C1. The Balaban J connectivity index is 1.93. The number of β-amino-alcohol motifs (C(OH)–C–C–N with tert-alkyl or cyclic N) is 1. The summed E-state index contributed by atoms with van der Waals surface area (Å²) in [5.41, 5.74) is 6.00. The highest BCUT2D eigenvalue weighted by atomic mass is 16.3. The number of piperidine rings is 1. The van der Waals surface area contributed by atoms with E-state index in [1.807, 2.05) is 31.2 Å². The predicted molar refractivity (Wildman–Crippen MR) is 87.5 cm³/mol. The average molecular weight is 319 g/mol. The molecule has 1 aliphatic rings. The van der Waals surface area contributed by atoms with E-state index >= 15 is 0 Å². The number of aliphatic hydroxyl groups is 1. The fourth-order valence-electron chi connectivity index (χ4n) is 2.90. The van der Waals surface area contributed by atoms with Crippen LogP contribution in [0.25, 0.3) is 0 Å². The first kappa shape index (κ1) is 17.4. The zero-order valence-corrected chi connectivity index (χ0v) is 13.8. The second kappa shape index (κ2) is 7.10. The number of carbonyl (C=O) groups excluding carboxylic acids is 2. The van der Waals surface area contributed by atoms with Gasteiger partial charge in [-0.3, -0.25) is 14.5 Å². The summed E-state index contributed by atoms with van der Waals surface area (Å²) in [6.07, 6.45) is 1.00. The number of benzene rings is 1. The molecule has 0 unspecified atom stereocenters. The first-order valence-corrected chi connectivity index (χ1v) is 7.85. The van der Waals surface area contributed by atoms with Crippen LogP contribution in [-0.2, 0) is 16.1 Å². The van der Waals surface area contributed by atoms with Gasteiger partial charge < -0.3 is 15.7 Å². The lowest BCUT2D eigenvalue weighted by atomic mass is 9.92. The molecule has 23 heavy (non-hydrogen) atoms. The Hall–Kier alpha value is -1.92. The molecule has 2 amide bonds. The molecule has 2 rings (SSSR count). The lowest BCUT2D eigenvalue weighted by Crippen LogP contribution is -2.57. The Morgan fingerprint density at radius 2 is 2.09 bits per heavy atom. The number of primary amides is 1. The molecule has 6 heteroatoms. The molecule has 1 saturated heterocycles. The van der Waals surface area contributed by atoms with Gasteiger partial charge >= 0.3 is 0 Å². The summed E-state index contributed by atoms with van der Waals surface area (Å²) in [6.45, 7) is 3.54. The van der Waals surface area contributed by atoms with Gasteiger partial charge in [0.2, 0.25) is 5.91 Å². The number of nitrogens with zero attached hydrogens (tertiary/aromatic N) is 2. The monoisotopic (exact) mass is 319 g/mol. The van der Waals surface area contributed by atoms with Gasteiger partial charge in [0.1, 0.15) is 0 Å². The summed E-state index contributed by atoms with van der Waals surface area (Å²) in [5.74, 6) is -0.759. The molecule has 0 saturated carbocycles. The third-order valence-electron chi connectivity index (χ3n) is 4.46. The molecule has 0 aromatic heterocycles. The van der Waals surface area contributed by atoms with E-state index in [0.717, 1.165) is 11.1 Å². The average Bonchev–Trinajstić information content (AvgIpc) is 2.49. The van der Waals surface area contributed by atoms with Gasteiger partial charge in [0.15, 0.2) is 5.60 Å². The zero-order valence-electron chi connectivity index (χ0n) is 13.8. The van der Waals surface area contributed by atoms with Crippen LogP contribution in [0.2, 0.25) is 0 Å². The van der Waals surface area contributed by atoms with E-state index in [-0.39, 0.29) is 19.0 Å². The third-order valence-corrected chi connectivity index (χ3v) is 4.46. The fraction of sp³-hybridized carbons (Fsp3) is 0.529. The van der Waals surface area contributed by atoms with E-state index < -0.39 is 11.5 Å². The summed E-state index contributed by atoms with van der Waals surface area (Å²) in [6, 6.07) is 7.95. The molecule has 0 radical (unpaired) electrons. The molecule has 0 aliphatic carbocycles. The largest absolute Gasteiger partial charge is 0.379 e. The second-order valence-electron chi connectivity index (χ2n) is 6.39. The molecule has 0 spiro atoms. The quantitative estimate of drug-likeness (QED) is 0.815. The van der Waals surface area contributed by atoms with Gasteiger partial charge in [-0.2, -0.15) is 0 Å². The Bertz CT molecular complexity index is 590. The number of carbonyl (C=O) groups is 2. The second-order valence-corrected chi connectivity index (χ2v) is 6.39. The van der Waals surface area contributed by atoms with E-state index in [1.54, 1.807) is 16.8 Å². The fourth-order valence-corrected chi connectivity index (χ4v) is 2.90. The van der Waals surface area contributed by atoms with Crippen molar-refractivity contribution in [3.05, 3.63) is 35.4 Å². The number of likely N-dealkylation sites (tertiary alicyclic amines) is 1. The maximum absolute atomic E-state index is 12.4. The van der Waals surface area contributed by atoms with Crippen molar-refractivity contribution in [2.24, 2.45) is 5.73 Å². The molecule has 3 N–H and O–H groups in total. The van der Waals surface area contributed by atoms with Gasteiger partial charge in [-0.1, -0.05) is 24.3 Å². The van der Waals surface area contributed by atoms with E-state index in [4.69, 9.17) is 5.73 Å². The number of hydrogen-bond donors (Lipinski definition) is 2. The van der Waals surface area contributed by atoms with Crippen LogP contribution in [0.5, 0.6) is 0 Å². The number of nitrogens with two attached hydrogens (primary N) is 1. The zero-order chi connectivity index (χ0) is 17.0. The van der Waals surface area contributed by atoms with Crippen molar-refractivity contribution < 1.29 is 14.7 Å². The highest BCUT2D eigenvalue weighted by Gasteiger charge is 2.39. The van der Waals surface area contributed by atoms with Gasteiger partial charge in [-0.25, -0.2) is 0 Å². The Labute approximate surface area is 136 Å². The van der Waals surface area contributed by atoms with Gasteiger partial charge in [0.05, 0.1) is 6.54 Å². The van der Waals surface area contributed by atoms with Crippen molar-refractivity contribution >= 4 is 11.8 Å². The van der Waals surface area contributed by atoms with Crippen molar-refractivity contribution in [3.63, 3.8) is 0 Å². The van der Waals surface area contributed by atoms with E-state index in [0.29, 0.717) is 25.9 Å². The molecule has 1 aromatic rings. The summed E-state index contributed by atoms with van der Waals surface area (Å²) < 4.78 is 0. The molecule has 0 bridgehead atoms. The minimum Gasteiger partial charge on any atom is -0.379 e. The van der Waals surface area contributed by atoms with Gasteiger partial charge in [-0.15, -0.1) is 0 Å².